The molecule has 3 N–H and O–H groups in total. The zero-order valence-electron chi connectivity index (χ0n) is 15.7. The van der Waals surface area contributed by atoms with Crippen LogP contribution in [0.2, 0.25) is 0 Å². The van der Waals surface area contributed by atoms with Gasteiger partial charge in [-0.2, -0.15) is 4.98 Å². The highest BCUT2D eigenvalue weighted by molar-refractivity contribution is 7.89. The third-order valence-corrected chi connectivity index (χ3v) is 4.86. The van der Waals surface area contributed by atoms with Crippen LogP contribution < -0.4 is 15.2 Å². The van der Waals surface area contributed by atoms with Crippen LogP contribution in [-0.2, 0) is 10.0 Å². The van der Waals surface area contributed by atoms with Crippen molar-refractivity contribution in [2.75, 3.05) is 11.9 Å². The van der Waals surface area contributed by atoms with Gasteiger partial charge in [-0.3, -0.25) is 0 Å². The molecule has 0 radical (unpaired) electrons. The van der Waals surface area contributed by atoms with Gasteiger partial charge in [0, 0.05) is 12.1 Å². The number of hydrogen-bond donors (Lipinski definition) is 2. The molecule has 2 aromatic carbocycles. The van der Waals surface area contributed by atoms with E-state index in [4.69, 9.17) is 14.4 Å². The lowest BCUT2D eigenvalue weighted by atomic mass is 10.1. The lowest BCUT2D eigenvalue weighted by Crippen LogP contribution is -2.15. The third kappa shape index (κ3) is 4.68. The van der Waals surface area contributed by atoms with Crippen molar-refractivity contribution in [3.8, 4) is 23.0 Å². The van der Waals surface area contributed by atoms with Gasteiger partial charge in [-0.05, 0) is 37.6 Å². The smallest absolute Gasteiger partial charge is 0.258 e. The van der Waals surface area contributed by atoms with Crippen molar-refractivity contribution < 1.29 is 17.7 Å². The quantitative estimate of drug-likeness (QED) is 0.551. The molecule has 0 amide bonds. The van der Waals surface area contributed by atoms with E-state index in [1.807, 2.05) is 6.07 Å². The van der Waals surface area contributed by atoms with Crippen LogP contribution in [0.25, 0.3) is 11.5 Å². The second-order valence-electron chi connectivity index (χ2n) is 6.24. The minimum absolute atomic E-state index is 0.129. The van der Waals surface area contributed by atoms with Gasteiger partial charge in [0.15, 0.2) is 11.6 Å². The summed E-state index contributed by atoms with van der Waals surface area (Å²) in [4.78, 5) is 4.01. The van der Waals surface area contributed by atoms with Crippen molar-refractivity contribution in [3.63, 3.8) is 0 Å². The number of rotatable bonds is 8. The van der Waals surface area contributed by atoms with Gasteiger partial charge in [-0.1, -0.05) is 36.7 Å². The van der Waals surface area contributed by atoms with Gasteiger partial charge >= 0.3 is 0 Å². The molecule has 8 nitrogen and oxygen atoms in total. The third-order valence-electron chi connectivity index (χ3n) is 3.94. The Hall–Kier alpha value is -2.91. The first-order chi connectivity index (χ1) is 13.4. The molecule has 28 heavy (non-hydrogen) atoms. The average Bonchev–Trinajstić information content (AvgIpc) is 3.09. The Morgan fingerprint density at radius 2 is 1.96 bits per heavy atom. The normalized spacial score (nSPS) is 11.4. The largest absolute Gasteiger partial charge is 0.454 e. The number of nitrogens with one attached hydrogen (secondary N) is 1. The molecule has 0 spiro atoms. The summed E-state index contributed by atoms with van der Waals surface area (Å²) in [5, 5.41) is 12.5. The van der Waals surface area contributed by atoms with Crippen molar-refractivity contribution in [1.82, 2.24) is 10.1 Å². The standard InChI is InChI=1S/C19H22N4O4S/c1-3-4-10-21-16-11-14(19-22-13(2)23-27-19)12-17(28(20,24)25)18(16)26-15-8-6-5-7-9-15/h5-9,11-12,21H,3-4,10H2,1-2H3,(H2,20,24,25). The Kier molecular flexibility index (Phi) is 5.96. The van der Waals surface area contributed by atoms with E-state index in [0.29, 0.717) is 29.4 Å². The predicted molar refractivity (Wildman–Crippen MR) is 106 cm³/mol. The molecular weight excluding hydrogens is 380 g/mol. The predicted octanol–water partition coefficient (Wildman–Crippen LogP) is 3.70. The summed E-state index contributed by atoms with van der Waals surface area (Å²) < 4.78 is 35.7. The molecule has 0 aliphatic heterocycles. The van der Waals surface area contributed by atoms with Gasteiger partial charge in [0.05, 0.1) is 5.69 Å². The van der Waals surface area contributed by atoms with Gasteiger partial charge in [-0.15, -0.1) is 0 Å². The average molecular weight is 402 g/mol. The maximum absolute atomic E-state index is 12.3. The van der Waals surface area contributed by atoms with E-state index in [2.05, 4.69) is 22.4 Å². The molecule has 9 heteroatoms. The first-order valence-electron chi connectivity index (χ1n) is 8.86. The van der Waals surface area contributed by atoms with Crippen LogP contribution in [0, 0.1) is 6.92 Å². The molecule has 148 valence electrons. The highest BCUT2D eigenvalue weighted by Gasteiger charge is 2.23. The number of aryl methyl sites for hydroxylation is 1. The second-order valence-corrected chi connectivity index (χ2v) is 7.77. The molecule has 0 unspecified atom stereocenters. The molecule has 0 saturated carbocycles. The van der Waals surface area contributed by atoms with Gasteiger partial charge in [0.2, 0.25) is 10.0 Å². The fourth-order valence-corrected chi connectivity index (χ4v) is 3.30. The van der Waals surface area contributed by atoms with E-state index >= 15 is 0 Å². The molecule has 1 heterocycles. The summed E-state index contributed by atoms with van der Waals surface area (Å²) in [5.41, 5.74) is 0.915. The summed E-state index contributed by atoms with van der Waals surface area (Å²) in [6.07, 6.45) is 1.88. The molecule has 0 atom stereocenters. The fraction of sp³-hybridized carbons (Fsp3) is 0.263. The molecule has 3 rings (SSSR count). The number of hydrogen-bond acceptors (Lipinski definition) is 7. The SMILES string of the molecule is CCCCNc1cc(-c2nc(C)no2)cc(S(N)(=O)=O)c1Oc1ccccc1. The number of nitrogens with two attached hydrogens (primary N) is 1. The lowest BCUT2D eigenvalue weighted by Gasteiger charge is -2.17. The zero-order valence-corrected chi connectivity index (χ0v) is 16.5. The first-order valence-corrected chi connectivity index (χ1v) is 10.4. The Labute approximate surface area is 163 Å². The van der Waals surface area contributed by atoms with Crippen molar-refractivity contribution in [3.05, 3.63) is 48.3 Å². The van der Waals surface area contributed by atoms with Crippen LogP contribution in [0.15, 0.2) is 51.9 Å². The van der Waals surface area contributed by atoms with Crippen molar-refractivity contribution in [2.24, 2.45) is 5.14 Å². The van der Waals surface area contributed by atoms with Crippen LogP contribution in [0.3, 0.4) is 0 Å². The van der Waals surface area contributed by atoms with E-state index in [1.54, 1.807) is 37.3 Å². The Morgan fingerprint density at radius 3 is 2.57 bits per heavy atom. The van der Waals surface area contributed by atoms with E-state index in [1.165, 1.54) is 6.07 Å². The molecule has 0 saturated heterocycles. The molecule has 0 aliphatic rings. The molecule has 0 aliphatic carbocycles. The van der Waals surface area contributed by atoms with Gasteiger partial charge in [-0.25, -0.2) is 13.6 Å². The Morgan fingerprint density at radius 1 is 1.21 bits per heavy atom. The van der Waals surface area contributed by atoms with Crippen LogP contribution in [0.5, 0.6) is 11.5 Å². The minimum atomic E-state index is -4.09. The fourth-order valence-electron chi connectivity index (χ4n) is 2.59. The number of benzene rings is 2. The number of nitrogens with zero attached hydrogens (tertiary/aromatic N) is 2. The van der Waals surface area contributed by atoms with Crippen LogP contribution in [0.1, 0.15) is 25.6 Å². The Balaban J connectivity index is 2.15. The number of anilines is 1. The van der Waals surface area contributed by atoms with Crippen LogP contribution in [0.4, 0.5) is 5.69 Å². The number of ether oxygens (including phenoxy) is 1. The summed E-state index contributed by atoms with van der Waals surface area (Å²) in [5.74, 6) is 1.27. The van der Waals surface area contributed by atoms with Crippen LogP contribution >= 0.6 is 0 Å². The van der Waals surface area contributed by atoms with E-state index in [-0.39, 0.29) is 16.5 Å². The van der Waals surface area contributed by atoms with Gasteiger partial charge in [0.25, 0.3) is 5.89 Å². The molecule has 1 aromatic heterocycles. The zero-order chi connectivity index (χ0) is 20.1. The van der Waals surface area contributed by atoms with Crippen molar-refractivity contribution >= 4 is 15.7 Å². The van der Waals surface area contributed by atoms with E-state index in [9.17, 15) is 8.42 Å². The van der Waals surface area contributed by atoms with Crippen LogP contribution in [-0.4, -0.2) is 25.1 Å². The Bertz CT molecular complexity index is 1050. The molecule has 0 fully saturated rings. The van der Waals surface area contributed by atoms with Crippen molar-refractivity contribution in [2.45, 2.75) is 31.6 Å². The number of sulfonamides is 1. The number of primary sulfonamides is 1. The lowest BCUT2D eigenvalue weighted by molar-refractivity contribution is 0.425. The van der Waals surface area contributed by atoms with E-state index < -0.39 is 10.0 Å². The minimum Gasteiger partial charge on any atom is -0.454 e. The summed E-state index contributed by atoms with van der Waals surface area (Å²) >= 11 is 0. The maximum atomic E-state index is 12.3. The first kappa shape index (κ1) is 19.8. The number of aromatic nitrogens is 2. The summed E-state index contributed by atoms with van der Waals surface area (Å²) in [7, 11) is -4.09. The highest BCUT2D eigenvalue weighted by atomic mass is 32.2. The number of unbranched alkanes of at least 4 members (excludes halogenated alkanes) is 1. The maximum Gasteiger partial charge on any atom is 0.258 e. The molecule has 0 bridgehead atoms. The molecule has 3 aromatic rings. The second kappa shape index (κ2) is 8.41. The van der Waals surface area contributed by atoms with Gasteiger partial charge in [0.1, 0.15) is 10.6 Å². The molecular formula is C19H22N4O4S. The highest BCUT2D eigenvalue weighted by Crippen LogP contribution is 2.39. The van der Waals surface area contributed by atoms with E-state index in [0.717, 1.165) is 12.8 Å². The van der Waals surface area contributed by atoms with Crippen molar-refractivity contribution in [1.29, 1.82) is 0 Å². The number of para-hydroxylation sites is 1. The summed E-state index contributed by atoms with van der Waals surface area (Å²) in [6, 6.07) is 12.0. The monoisotopic (exact) mass is 402 g/mol. The summed E-state index contributed by atoms with van der Waals surface area (Å²) in [6.45, 7) is 4.38. The topological polar surface area (TPSA) is 120 Å². The van der Waals surface area contributed by atoms with Gasteiger partial charge < -0.3 is 14.6 Å².